The van der Waals surface area contributed by atoms with Crippen molar-refractivity contribution in [1.29, 1.82) is 0 Å². The average Bonchev–Trinajstić information content (AvgIpc) is 2.97. The van der Waals surface area contributed by atoms with E-state index in [-0.39, 0.29) is 11.4 Å². The highest BCUT2D eigenvalue weighted by Gasteiger charge is 2.34. The lowest BCUT2D eigenvalue weighted by molar-refractivity contribution is -0.132. The molecule has 0 aromatic heterocycles. The summed E-state index contributed by atoms with van der Waals surface area (Å²) in [4.78, 5) is 14.7. The van der Waals surface area contributed by atoms with Crippen molar-refractivity contribution >= 4 is 5.91 Å². The van der Waals surface area contributed by atoms with Gasteiger partial charge in [-0.2, -0.15) is 0 Å². The SMILES string of the molecule is CC(C)(C(=O)NCCCC1CCCC1)N1CCNCC1. The molecule has 0 radical (unpaired) electrons. The van der Waals surface area contributed by atoms with Gasteiger partial charge in [-0.1, -0.05) is 25.7 Å². The third-order valence-corrected chi connectivity index (χ3v) is 5.01. The molecule has 4 heteroatoms. The maximum Gasteiger partial charge on any atom is 0.239 e. The fourth-order valence-corrected chi connectivity index (χ4v) is 3.48. The highest BCUT2D eigenvalue weighted by molar-refractivity contribution is 5.85. The predicted octanol–water partition coefficient (Wildman–Crippen LogP) is 1.76. The van der Waals surface area contributed by atoms with Gasteiger partial charge in [-0.05, 0) is 32.6 Å². The summed E-state index contributed by atoms with van der Waals surface area (Å²) in [6.45, 7) is 8.82. The van der Waals surface area contributed by atoms with Gasteiger partial charge in [-0.3, -0.25) is 9.69 Å². The number of nitrogens with zero attached hydrogens (tertiary/aromatic N) is 1. The van der Waals surface area contributed by atoms with Crippen LogP contribution in [0, 0.1) is 5.92 Å². The number of rotatable bonds is 6. The molecule has 1 amide bonds. The van der Waals surface area contributed by atoms with Crippen LogP contribution in [0.1, 0.15) is 52.4 Å². The molecule has 4 nitrogen and oxygen atoms in total. The molecule has 0 unspecified atom stereocenters. The van der Waals surface area contributed by atoms with Crippen molar-refractivity contribution in [2.75, 3.05) is 32.7 Å². The van der Waals surface area contributed by atoms with Gasteiger partial charge in [0.25, 0.3) is 0 Å². The standard InChI is InChI=1S/C16H31N3O/c1-16(2,19-12-10-17-11-13-19)15(20)18-9-5-8-14-6-3-4-7-14/h14,17H,3-13H2,1-2H3,(H,18,20). The smallest absolute Gasteiger partial charge is 0.239 e. The van der Waals surface area contributed by atoms with Crippen LogP contribution in [0.4, 0.5) is 0 Å². The molecule has 116 valence electrons. The fraction of sp³-hybridized carbons (Fsp3) is 0.938. The van der Waals surface area contributed by atoms with Gasteiger partial charge in [0.05, 0.1) is 5.54 Å². The maximum atomic E-state index is 12.4. The van der Waals surface area contributed by atoms with Gasteiger partial charge in [0, 0.05) is 32.7 Å². The second-order valence-electron chi connectivity index (χ2n) is 6.84. The zero-order chi connectivity index (χ0) is 14.4. The molecule has 1 aliphatic heterocycles. The monoisotopic (exact) mass is 281 g/mol. The van der Waals surface area contributed by atoms with Gasteiger partial charge >= 0.3 is 0 Å². The van der Waals surface area contributed by atoms with Crippen molar-refractivity contribution in [3.05, 3.63) is 0 Å². The lowest BCUT2D eigenvalue weighted by Gasteiger charge is -2.39. The molecule has 1 aliphatic carbocycles. The van der Waals surface area contributed by atoms with Crippen molar-refractivity contribution in [2.24, 2.45) is 5.92 Å². The predicted molar refractivity (Wildman–Crippen MR) is 82.7 cm³/mol. The maximum absolute atomic E-state index is 12.4. The summed E-state index contributed by atoms with van der Waals surface area (Å²) in [7, 11) is 0. The van der Waals surface area contributed by atoms with E-state index in [1.165, 1.54) is 32.1 Å². The van der Waals surface area contributed by atoms with Gasteiger partial charge in [-0.25, -0.2) is 0 Å². The average molecular weight is 281 g/mol. The summed E-state index contributed by atoms with van der Waals surface area (Å²) in [5.74, 6) is 1.11. The molecule has 0 aromatic rings. The molecule has 1 heterocycles. The summed E-state index contributed by atoms with van der Waals surface area (Å²) < 4.78 is 0. The number of carbonyl (C=O) groups is 1. The quantitative estimate of drug-likeness (QED) is 0.729. The van der Waals surface area contributed by atoms with E-state index in [0.717, 1.165) is 45.1 Å². The van der Waals surface area contributed by atoms with Gasteiger partial charge in [-0.15, -0.1) is 0 Å². The molecule has 0 atom stereocenters. The lowest BCUT2D eigenvalue weighted by atomic mass is 9.99. The van der Waals surface area contributed by atoms with Crippen molar-refractivity contribution in [3.63, 3.8) is 0 Å². The van der Waals surface area contributed by atoms with E-state index in [1.807, 2.05) is 13.8 Å². The van der Waals surface area contributed by atoms with E-state index in [9.17, 15) is 4.79 Å². The minimum absolute atomic E-state index is 0.186. The number of nitrogens with one attached hydrogen (secondary N) is 2. The molecule has 20 heavy (non-hydrogen) atoms. The van der Waals surface area contributed by atoms with Crippen LogP contribution in [0.2, 0.25) is 0 Å². The van der Waals surface area contributed by atoms with Crippen LogP contribution in [0.15, 0.2) is 0 Å². The van der Waals surface area contributed by atoms with Crippen molar-refractivity contribution < 1.29 is 4.79 Å². The Morgan fingerprint density at radius 2 is 1.90 bits per heavy atom. The van der Waals surface area contributed by atoms with E-state index >= 15 is 0 Å². The normalized spacial score (nSPS) is 22.1. The van der Waals surface area contributed by atoms with Gasteiger partial charge in [0.15, 0.2) is 0 Å². The molecular weight excluding hydrogens is 250 g/mol. The highest BCUT2D eigenvalue weighted by Crippen LogP contribution is 2.28. The van der Waals surface area contributed by atoms with Crippen molar-refractivity contribution in [3.8, 4) is 0 Å². The van der Waals surface area contributed by atoms with Gasteiger partial charge in [0.2, 0.25) is 5.91 Å². The van der Waals surface area contributed by atoms with Crippen molar-refractivity contribution in [1.82, 2.24) is 15.5 Å². The van der Waals surface area contributed by atoms with E-state index in [4.69, 9.17) is 0 Å². The van der Waals surface area contributed by atoms with Crippen LogP contribution in [0.3, 0.4) is 0 Å². The molecule has 1 saturated carbocycles. The Labute approximate surface area is 123 Å². The van der Waals surface area contributed by atoms with Crippen LogP contribution in [0.5, 0.6) is 0 Å². The first-order chi connectivity index (χ1) is 9.60. The van der Waals surface area contributed by atoms with Crippen LogP contribution >= 0.6 is 0 Å². The van der Waals surface area contributed by atoms with E-state index in [2.05, 4.69) is 15.5 Å². The third-order valence-electron chi connectivity index (χ3n) is 5.01. The summed E-state index contributed by atoms with van der Waals surface area (Å²) >= 11 is 0. The number of amides is 1. The molecule has 0 aromatic carbocycles. The molecule has 0 spiro atoms. The van der Waals surface area contributed by atoms with Gasteiger partial charge in [0.1, 0.15) is 0 Å². The van der Waals surface area contributed by atoms with E-state index in [0.29, 0.717) is 0 Å². The van der Waals surface area contributed by atoms with Crippen LogP contribution in [-0.4, -0.2) is 49.1 Å². The molecule has 1 saturated heterocycles. The Morgan fingerprint density at radius 1 is 1.25 bits per heavy atom. The minimum atomic E-state index is -0.380. The van der Waals surface area contributed by atoms with Gasteiger partial charge < -0.3 is 10.6 Å². The second-order valence-corrected chi connectivity index (χ2v) is 6.84. The van der Waals surface area contributed by atoms with E-state index in [1.54, 1.807) is 0 Å². The highest BCUT2D eigenvalue weighted by atomic mass is 16.2. The summed E-state index contributed by atoms with van der Waals surface area (Å²) in [5.41, 5.74) is -0.380. The molecule has 2 aliphatic rings. The third kappa shape index (κ3) is 4.19. The van der Waals surface area contributed by atoms with Crippen LogP contribution in [-0.2, 0) is 4.79 Å². The lowest BCUT2D eigenvalue weighted by Crippen LogP contribution is -2.60. The summed E-state index contributed by atoms with van der Waals surface area (Å²) in [6.07, 6.45) is 8.04. The first-order valence-corrected chi connectivity index (χ1v) is 8.35. The molecule has 2 rings (SSSR count). The van der Waals surface area contributed by atoms with E-state index < -0.39 is 0 Å². The second kappa shape index (κ2) is 7.41. The molecule has 2 fully saturated rings. The Morgan fingerprint density at radius 3 is 2.55 bits per heavy atom. The summed E-state index contributed by atoms with van der Waals surface area (Å²) in [5, 5.41) is 6.48. The largest absolute Gasteiger partial charge is 0.355 e. The van der Waals surface area contributed by atoms with Crippen molar-refractivity contribution in [2.45, 2.75) is 57.9 Å². The first-order valence-electron chi connectivity index (χ1n) is 8.35. The fourth-order valence-electron chi connectivity index (χ4n) is 3.48. The molecule has 0 bridgehead atoms. The first kappa shape index (κ1) is 15.8. The number of hydrogen-bond acceptors (Lipinski definition) is 3. The Bertz CT molecular complexity index is 305. The molecule has 2 N–H and O–H groups in total. The number of hydrogen-bond donors (Lipinski definition) is 2. The number of carbonyl (C=O) groups excluding carboxylic acids is 1. The Hall–Kier alpha value is -0.610. The van der Waals surface area contributed by atoms with Crippen LogP contribution < -0.4 is 10.6 Å². The number of piperazine rings is 1. The summed E-state index contributed by atoms with van der Waals surface area (Å²) in [6, 6.07) is 0. The minimum Gasteiger partial charge on any atom is -0.355 e. The zero-order valence-corrected chi connectivity index (χ0v) is 13.2. The van der Waals surface area contributed by atoms with Crippen LogP contribution in [0.25, 0.3) is 0 Å². The Kier molecular flexibility index (Phi) is 5.85. The topological polar surface area (TPSA) is 44.4 Å². The molecular formula is C16H31N3O. The Balaban J connectivity index is 1.66. The zero-order valence-electron chi connectivity index (χ0n) is 13.2.